The van der Waals surface area contributed by atoms with Gasteiger partial charge in [0.15, 0.2) is 0 Å². The van der Waals surface area contributed by atoms with Crippen molar-refractivity contribution in [1.29, 1.82) is 0 Å². The number of amides is 1. The fourth-order valence-electron chi connectivity index (χ4n) is 1.70. The number of esters is 1. The highest BCUT2D eigenvalue weighted by atomic mass is 32.2. The minimum Gasteiger partial charge on any atom is -0.463 e. The van der Waals surface area contributed by atoms with Gasteiger partial charge in [-0.15, -0.1) is 0 Å². The lowest BCUT2D eigenvalue weighted by Gasteiger charge is -2.02. The van der Waals surface area contributed by atoms with E-state index in [1.165, 1.54) is 37.2 Å². The van der Waals surface area contributed by atoms with Crippen molar-refractivity contribution in [3.63, 3.8) is 0 Å². The molecular formula is C17H27NO4S. The van der Waals surface area contributed by atoms with E-state index in [2.05, 4.69) is 17.0 Å². The molecule has 0 heterocycles. The van der Waals surface area contributed by atoms with Gasteiger partial charge in [-0.1, -0.05) is 50.8 Å². The van der Waals surface area contributed by atoms with Crippen LogP contribution >= 0.6 is 11.8 Å². The van der Waals surface area contributed by atoms with E-state index in [0.29, 0.717) is 6.54 Å². The molecule has 1 N–H and O–H groups in total. The van der Waals surface area contributed by atoms with Crippen molar-refractivity contribution in [3.8, 4) is 0 Å². The van der Waals surface area contributed by atoms with Gasteiger partial charge in [-0.05, 0) is 24.8 Å². The van der Waals surface area contributed by atoms with Crippen molar-refractivity contribution in [2.45, 2.75) is 52.4 Å². The van der Waals surface area contributed by atoms with Gasteiger partial charge in [0.1, 0.15) is 0 Å². The number of unbranched alkanes of at least 4 members (excludes halogenated alkanes) is 5. The van der Waals surface area contributed by atoms with Crippen molar-refractivity contribution in [2.24, 2.45) is 0 Å². The summed E-state index contributed by atoms with van der Waals surface area (Å²) in [6, 6.07) is 0. The minimum atomic E-state index is -0.554. The molecule has 0 aromatic rings. The summed E-state index contributed by atoms with van der Waals surface area (Å²) in [4.78, 5) is 33.9. The zero-order valence-corrected chi connectivity index (χ0v) is 14.8. The van der Waals surface area contributed by atoms with Crippen LogP contribution in [0.4, 0.5) is 0 Å². The van der Waals surface area contributed by atoms with Gasteiger partial charge in [0, 0.05) is 18.7 Å². The number of rotatable bonds is 12. The van der Waals surface area contributed by atoms with Crippen LogP contribution in [-0.2, 0) is 19.1 Å². The molecule has 23 heavy (non-hydrogen) atoms. The van der Waals surface area contributed by atoms with Crippen LogP contribution in [0.5, 0.6) is 0 Å². The molecule has 0 atom stereocenters. The van der Waals surface area contributed by atoms with Crippen molar-refractivity contribution in [3.05, 3.63) is 23.6 Å². The van der Waals surface area contributed by atoms with Crippen LogP contribution in [0.15, 0.2) is 23.6 Å². The molecule has 5 nitrogen and oxygen atoms in total. The summed E-state index contributed by atoms with van der Waals surface area (Å²) in [5.74, 6) is -0.768. The first-order valence-corrected chi connectivity index (χ1v) is 8.98. The molecule has 0 aromatic heterocycles. The molecular weight excluding hydrogens is 314 g/mol. The van der Waals surface area contributed by atoms with Crippen LogP contribution in [-0.4, -0.2) is 30.1 Å². The topological polar surface area (TPSA) is 72.5 Å². The predicted octanol–water partition coefficient (Wildman–Crippen LogP) is 3.36. The number of carbonyl (C=O) groups is 3. The van der Waals surface area contributed by atoms with Crippen LogP contribution in [0.25, 0.3) is 0 Å². The van der Waals surface area contributed by atoms with Gasteiger partial charge in [0.2, 0.25) is 11.0 Å². The zero-order chi connectivity index (χ0) is 17.3. The lowest BCUT2D eigenvalue weighted by Crippen LogP contribution is -2.21. The molecule has 0 radical (unpaired) electrons. The van der Waals surface area contributed by atoms with E-state index in [9.17, 15) is 14.4 Å². The molecule has 0 aliphatic carbocycles. The molecule has 0 aliphatic heterocycles. The summed E-state index contributed by atoms with van der Waals surface area (Å²) >= 11 is 0.843. The van der Waals surface area contributed by atoms with Crippen LogP contribution in [0.3, 0.4) is 0 Å². The third-order valence-electron chi connectivity index (χ3n) is 2.88. The second-order valence-corrected chi connectivity index (χ2v) is 5.79. The molecule has 0 saturated heterocycles. The maximum absolute atomic E-state index is 11.5. The van der Waals surface area contributed by atoms with E-state index in [-0.39, 0.29) is 17.6 Å². The van der Waals surface area contributed by atoms with Crippen molar-refractivity contribution < 1.29 is 19.1 Å². The smallest absolute Gasteiger partial charge is 0.330 e. The quantitative estimate of drug-likeness (QED) is 0.335. The molecule has 0 unspecified atom stereocenters. The van der Waals surface area contributed by atoms with Crippen LogP contribution in [0.2, 0.25) is 0 Å². The van der Waals surface area contributed by atoms with E-state index in [4.69, 9.17) is 0 Å². The first-order valence-electron chi connectivity index (χ1n) is 8.10. The summed E-state index contributed by atoms with van der Waals surface area (Å²) in [6.07, 6.45) is 10.6. The second-order valence-electron chi connectivity index (χ2n) is 4.88. The normalized spacial score (nSPS) is 11.0. The van der Waals surface area contributed by atoms with Crippen molar-refractivity contribution >= 4 is 28.8 Å². The van der Waals surface area contributed by atoms with E-state index < -0.39 is 5.97 Å². The molecule has 0 saturated carbocycles. The Bertz CT molecular complexity index is 419. The highest BCUT2D eigenvalue weighted by Crippen LogP contribution is 2.05. The van der Waals surface area contributed by atoms with E-state index >= 15 is 0 Å². The van der Waals surface area contributed by atoms with Gasteiger partial charge in [-0.3, -0.25) is 9.59 Å². The predicted molar refractivity (Wildman–Crippen MR) is 93.9 cm³/mol. The SMILES string of the molecule is CCCCCCCCNC(=O)/C=C\SC(=O)/C=C/C(=O)OCC. The number of carbonyl (C=O) groups excluding carboxylic acids is 3. The summed E-state index contributed by atoms with van der Waals surface area (Å²) in [5.41, 5.74) is 0. The number of hydrogen-bond acceptors (Lipinski definition) is 5. The summed E-state index contributed by atoms with van der Waals surface area (Å²) in [7, 11) is 0. The van der Waals surface area contributed by atoms with Crippen LogP contribution in [0, 0.1) is 0 Å². The highest BCUT2D eigenvalue weighted by Gasteiger charge is 1.99. The maximum atomic E-state index is 11.5. The molecule has 0 spiro atoms. The van der Waals surface area contributed by atoms with E-state index in [1.54, 1.807) is 6.92 Å². The maximum Gasteiger partial charge on any atom is 0.330 e. The first kappa shape index (κ1) is 21.4. The van der Waals surface area contributed by atoms with Crippen LogP contribution in [0.1, 0.15) is 52.4 Å². The Morgan fingerprint density at radius 3 is 2.35 bits per heavy atom. The fraction of sp³-hybridized carbons (Fsp3) is 0.588. The molecule has 0 rings (SSSR count). The Morgan fingerprint density at radius 1 is 0.957 bits per heavy atom. The van der Waals surface area contributed by atoms with Crippen molar-refractivity contribution in [1.82, 2.24) is 5.32 Å². The first-order chi connectivity index (χ1) is 11.1. The van der Waals surface area contributed by atoms with Gasteiger partial charge in [0.25, 0.3) is 0 Å². The minimum absolute atomic E-state index is 0.215. The Balaban J connectivity index is 3.71. The highest BCUT2D eigenvalue weighted by molar-refractivity contribution is 8.16. The molecule has 0 fully saturated rings. The van der Waals surface area contributed by atoms with Gasteiger partial charge in [0.05, 0.1) is 6.61 Å². The molecule has 0 bridgehead atoms. The summed E-state index contributed by atoms with van der Waals surface area (Å²) < 4.78 is 4.65. The Labute approximate surface area is 142 Å². The van der Waals surface area contributed by atoms with Gasteiger partial charge in [-0.2, -0.15) is 0 Å². The molecule has 1 amide bonds. The lowest BCUT2D eigenvalue weighted by molar-refractivity contribution is -0.137. The summed E-state index contributed by atoms with van der Waals surface area (Å²) in [5, 5.41) is 3.85. The lowest BCUT2D eigenvalue weighted by atomic mass is 10.1. The monoisotopic (exact) mass is 341 g/mol. The third-order valence-corrected chi connectivity index (χ3v) is 3.52. The molecule has 0 aliphatic rings. The fourth-order valence-corrected chi connectivity index (χ4v) is 2.18. The van der Waals surface area contributed by atoms with Crippen molar-refractivity contribution in [2.75, 3.05) is 13.2 Å². The Morgan fingerprint density at radius 2 is 1.65 bits per heavy atom. The standard InChI is InChI=1S/C17H27NO4S/c1-3-5-6-7-8-9-13-18-15(19)12-14-23-17(21)11-10-16(20)22-4-2/h10-12,14H,3-9,13H2,1-2H3,(H,18,19)/b11-10+,14-12-. The molecule has 6 heteroatoms. The average Bonchev–Trinajstić information content (AvgIpc) is 2.52. The third kappa shape index (κ3) is 15.1. The largest absolute Gasteiger partial charge is 0.463 e. The molecule has 130 valence electrons. The second kappa shape index (κ2) is 15.3. The van der Waals surface area contributed by atoms with Gasteiger partial charge < -0.3 is 10.1 Å². The number of nitrogens with one attached hydrogen (secondary N) is 1. The Hall–Kier alpha value is -1.56. The van der Waals surface area contributed by atoms with E-state index in [0.717, 1.165) is 36.8 Å². The number of thioether (sulfide) groups is 1. The molecule has 0 aromatic carbocycles. The Kier molecular flexibility index (Phi) is 14.3. The van der Waals surface area contributed by atoms with Gasteiger partial charge >= 0.3 is 5.97 Å². The van der Waals surface area contributed by atoms with Gasteiger partial charge in [-0.25, -0.2) is 4.79 Å². The number of ether oxygens (including phenoxy) is 1. The number of hydrogen-bond donors (Lipinski definition) is 1. The zero-order valence-electron chi connectivity index (χ0n) is 14.0. The average molecular weight is 341 g/mol. The van der Waals surface area contributed by atoms with Crippen LogP contribution < -0.4 is 5.32 Å². The van der Waals surface area contributed by atoms with E-state index in [1.807, 2.05) is 0 Å². The summed E-state index contributed by atoms with van der Waals surface area (Å²) in [6.45, 7) is 4.79.